The first-order valence-electron chi connectivity index (χ1n) is 7.18. The van der Waals surface area contributed by atoms with Crippen LogP contribution in [0.4, 0.5) is 0 Å². The van der Waals surface area contributed by atoms with Crippen LogP contribution in [0.1, 0.15) is 38.3 Å². The Kier molecular flexibility index (Phi) is 6.73. The molecule has 1 N–H and O–H groups in total. The van der Waals surface area contributed by atoms with E-state index in [1.807, 2.05) is 6.07 Å². The van der Waals surface area contributed by atoms with Crippen LogP contribution < -0.4 is 5.32 Å². The van der Waals surface area contributed by atoms with E-state index in [2.05, 4.69) is 52.1 Å². The van der Waals surface area contributed by atoms with Crippen LogP contribution in [0.5, 0.6) is 0 Å². The Labute approximate surface area is 120 Å². The largest absolute Gasteiger partial charge is 0.313 e. The lowest BCUT2D eigenvalue weighted by Gasteiger charge is -2.23. The molecule has 0 saturated carbocycles. The van der Waals surface area contributed by atoms with Gasteiger partial charge in [-0.15, -0.1) is 0 Å². The zero-order valence-electron chi connectivity index (χ0n) is 12.8. The maximum Gasteiger partial charge on any atom is 0.0545 e. The molecule has 2 nitrogen and oxygen atoms in total. The van der Waals surface area contributed by atoms with Crippen LogP contribution in [0.25, 0.3) is 0 Å². The minimum absolute atomic E-state index is 0.331. The van der Waals surface area contributed by atoms with Crippen molar-refractivity contribution >= 4 is 10.8 Å². The van der Waals surface area contributed by atoms with Gasteiger partial charge in [0.05, 0.1) is 10.8 Å². The molecule has 0 saturated heterocycles. The molecule has 1 rings (SSSR count). The molecule has 19 heavy (non-hydrogen) atoms. The van der Waals surface area contributed by atoms with E-state index in [0.717, 1.165) is 17.9 Å². The SMILES string of the molecule is CCNC(CS(=O)c1ccc(C)c(C)c1)C(C)CC. The minimum atomic E-state index is -0.918. The summed E-state index contributed by atoms with van der Waals surface area (Å²) in [5.41, 5.74) is 2.47. The van der Waals surface area contributed by atoms with Crippen molar-refractivity contribution in [1.82, 2.24) is 5.32 Å². The molecular weight excluding hydrogens is 254 g/mol. The number of nitrogens with one attached hydrogen (secondary N) is 1. The summed E-state index contributed by atoms with van der Waals surface area (Å²) < 4.78 is 12.5. The predicted molar refractivity (Wildman–Crippen MR) is 84.1 cm³/mol. The van der Waals surface area contributed by atoms with E-state index < -0.39 is 10.8 Å². The molecule has 3 heteroatoms. The van der Waals surface area contributed by atoms with Crippen molar-refractivity contribution in [1.29, 1.82) is 0 Å². The van der Waals surface area contributed by atoms with E-state index in [0.29, 0.717) is 17.7 Å². The molecule has 0 spiro atoms. The van der Waals surface area contributed by atoms with Crippen molar-refractivity contribution < 1.29 is 4.21 Å². The Morgan fingerprint density at radius 2 is 1.89 bits per heavy atom. The second-order valence-electron chi connectivity index (χ2n) is 5.31. The summed E-state index contributed by atoms with van der Waals surface area (Å²) in [5, 5.41) is 3.47. The standard InChI is InChI=1S/C16H27NOS/c1-6-12(3)16(17-7-2)11-19(18)15-9-8-13(4)14(5)10-15/h8-10,12,16-17H,6-7,11H2,1-5H3. The van der Waals surface area contributed by atoms with Crippen LogP contribution in [0.2, 0.25) is 0 Å². The number of hydrogen-bond donors (Lipinski definition) is 1. The maximum absolute atomic E-state index is 12.5. The smallest absolute Gasteiger partial charge is 0.0545 e. The van der Waals surface area contributed by atoms with Gasteiger partial charge in [-0.05, 0) is 49.6 Å². The van der Waals surface area contributed by atoms with Gasteiger partial charge in [0.1, 0.15) is 0 Å². The van der Waals surface area contributed by atoms with E-state index in [4.69, 9.17) is 0 Å². The highest BCUT2D eigenvalue weighted by Crippen LogP contribution is 2.16. The van der Waals surface area contributed by atoms with Crippen molar-refractivity contribution in [2.24, 2.45) is 5.92 Å². The fourth-order valence-corrected chi connectivity index (χ4v) is 3.58. The van der Waals surface area contributed by atoms with E-state index in [1.165, 1.54) is 11.1 Å². The molecule has 0 fully saturated rings. The Hall–Kier alpha value is -0.670. The zero-order valence-corrected chi connectivity index (χ0v) is 13.6. The third kappa shape index (κ3) is 4.73. The summed E-state index contributed by atoms with van der Waals surface area (Å²) in [4.78, 5) is 0.953. The van der Waals surface area contributed by atoms with E-state index >= 15 is 0 Å². The number of hydrogen-bond acceptors (Lipinski definition) is 2. The van der Waals surface area contributed by atoms with Gasteiger partial charge in [0, 0.05) is 16.7 Å². The Morgan fingerprint density at radius 1 is 1.21 bits per heavy atom. The van der Waals surface area contributed by atoms with Crippen LogP contribution in [0, 0.1) is 19.8 Å². The maximum atomic E-state index is 12.5. The van der Waals surface area contributed by atoms with Gasteiger partial charge in [-0.2, -0.15) is 0 Å². The summed E-state index contributed by atoms with van der Waals surface area (Å²) in [6.45, 7) is 11.6. The molecule has 0 aliphatic rings. The molecule has 3 unspecified atom stereocenters. The number of benzene rings is 1. The van der Waals surface area contributed by atoms with E-state index in [9.17, 15) is 4.21 Å². The van der Waals surface area contributed by atoms with Gasteiger partial charge in [-0.25, -0.2) is 0 Å². The highest BCUT2D eigenvalue weighted by atomic mass is 32.2. The highest BCUT2D eigenvalue weighted by Gasteiger charge is 2.18. The molecular formula is C16H27NOS. The highest BCUT2D eigenvalue weighted by molar-refractivity contribution is 7.85. The van der Waals surface area contributed by atoms with Crippen molar-refractivity contribution in [3.8, 4) is 0 Å². The van der Waals surface area contributed by atoms with Crippen LogP contribution in [-0.4, -0.2) is 22.5 Å². The fourth-order valence-electron chi connectivity index (χ4n) is 2.09. The van der Waals surface area contributed by atoms with E-state index in [1.54, 1.807) is 0 Å². The normalized spacial score (nSPS) is 16.1. The van der Waals surface area contributed by atoms with Gasteiger partial charge < -0.3 is 5.32 Å². The summed E-state index contributed by atoms with van der Waals surface area (Å²) in [7, 11) is -0.918. The van der Waals surface area contributed by atoms with Crippen molar-refractivity contribution in [3.05, 3.63) is 29.3 Å². The lowest BCUT2D eigenvalue weighted by atomic mass is 10.0. The molecule has 1 aromatic carbocycles. The summed E-state index contributed by atoms with van der Waals surface area (Å²) in [6, 6.07) is 6.45. The average Bonchev–Trinajstić information content (AvgIpc) is 2.40. The third-order valence-electron chi connectivity index (χ3n) is 3.87. The Balaban J connectivity index is 2.78. The van der Waals surface area contributed by atoms with Gasteiger partial charge in [0.25, 0.3) is 0 Å². The first-order chi connectivity index (χ1) is 8.99. The summed E-state index contributed by atoms with van der Waals surface area (Å²) in [6.07, 6.45) is 1.11. The molecule has 108 valence electrons. The zero-order chi connectivity index (χ0) is 14.4. The van der Waals surface area contributed by atoms with Crippen molar-refractivity contribution in [3.63, 3.8) is 0 Å². The van der Waals surface area contributed by atoms with E-state index in [-0.39, 0.29) is 0 Å². The molecule has 0 radical (unpaired) electrons. The molecule has 0 aromatic heterocycles. The van der Waals surface area contributed by atoms with Crippen LogP contribution in [0.15, 0.2) is 23.1 Å². The van der Waals surface area contributed by atoms with Gasteiger partial charge in [-0.3, -0.25) is 4.21 Å². The topological polar surface area (TPSA) is 29.1 Å². The summed E-state index contributed by atoms with van der Waals surface area (Å²) in [5.74, 6) is 1.25. The third-order valence-corrected chi connectivity index (χ3v) is 5.31. The first kappa shape index (κ1) is 16.4. The average molecular weight is 281 g/mol. The molecule has 0 amide bonds. The van der Waals surface area contributed by atoms with Crippen molar-refractivity contribution in [2.75, 3.05) is 12.3 Å². The fraction of sp³-hybridized carbons (Fsp3) is 0.625. The quantitative estimate of drug-likeness (QED) is 0.829. The lowest BCUT2D eigenvalue weighted by molar-refractivity contribution is 0.401. The number of rotatable bonds is 7. The molecule has 0 heterocycles. The van der Waals surface area contributed by atoms with Gasteiger partial charge in [-0.1, -0.05) is 33.3 Å². The first-order valence-corrected chi connectivity index (χ1v) is 8.50. The monoisotopic (exact) mass is 281 g/mol. The molecule has 3 atom stereocenters. The number of aryl methyl sites for hydroxylation is 2. The predicted octanol–water partition coefficient (Wildman–Crippen LogP) is 3.44. The lowest BCUT2D eigenvalue weighted by Crippen LogP contribution is -2.39. The van der Waals surface area contributed by atoms with Gasteiger partial charge in [0.15, 0.2) is 0 Å². The summed E-state index contributed by atoms with van der Waals surface area (Å²) >= 11 is 0. The minimum Gasteiger partial charge on any atom is -0.313 e. The van der Waals surface area contributed by atoms with Gasteiger partial charge >= 0.3 is 0 Å². The molecule has 0 bridgehead atoms. The molecule has 0 aliphatic heterocycles. The molecule has 0 aliphatic carbocycles. The van der Waals surface area contributed by atoms with Crippen LogP contribution in [0.3, 0.4) is 0 Å². The van der Waals surface area contributed by atoms with Gasteiger partial charge in [0.2, 0.25) is 0 Å². The van der Waals surface area contributed by atoms with Crippen molar-refractivity contribution in [2.45, 2.75) is 52.0 Å². The van der Waals surface area contributed by atoms with Crippen LogP contribution >= 0.6 is 0 Å². The second kappa shape index (κ2) is 7.81. The second-order valence-corrected chi connectivity index (χ2v) is 6.80. The molecule has 1 aromatic rings. The van der Waals surface area contributed by atoms with Crippen LogP contribution in [-0.2, 0) is 10.8 Å². The Bertz CT molecular complexity index is 431. The Morgan fingerprint density at radius 3 is 2.42 bits per heavy atom.